The Morgan fingerprint density at radius 3 is 2.86 bits per heavy atom. The summed E-state index contributed by atoms with van der Waals surface area (Å²) in [5, 5.41) is 11.4. The summed E-state index contributed by atoms with van der Waals surface area (Å²) < 4.78 is 13.8. The van der Waals surface area contributed by atoms with E-state index in [1.165, 1.54) is 6.07 Å². The maximum atomic E-state index is 13.8. The van der Waals surface area contributed by atoms with Crippen molar-refractivity contribution in [2.24, 2.45) is 0 Å². The third-order valence-electron chi connectivity index (χ3n) is 3.84. The summed E-state index contributed by atoms with van der Waals surface area (Å²) in [6.07, 6.45) is 0. The number of hydrogen-bond donors (Lipinski definition) is 1. The van der Waals surface area contributed by atoms with Gasteiger partial charge in [0.1, 0.15) is 17.1 Å². The van der Waals surface area contributed by atoms with Crippen LogP contribution in [-0.2, 0) is 5.75 Å². The first-order valence-corrected chi connectivity index (χ1v) is 8.15. The number of aromatic nitrogens is 1. The van der Waals surface area contributed by atoms with Gasteiger partial charge < -0.3 is 5.11 Å². The van der Waals surface area contributed by atoms with E-state index in [0.29, 0.717) is 16.1 Å². The van der Waals surface area contributed by atoms with Gasteiger partial charge in [-0.15, -0.1) is 11.8 Å². The molecule has 1 aliphatic rings. The number of fused-ring (bicyclic) bond motifs is 4. The largest absolute Gasteiger partial charge is 0.506 e. The van der Waals surface area contributed by atoms with Crippen LogP contribution in [0, 0.1) is 12.7 Å². The average molecular weight is 332 g/mol. The number of thioether (sulfide) groups is 1. The van der Waals surface area contributed by atoms with Crippen LogP contribution in [0.1, 0.15) is 11.1 Å². The highest BCUT2D eigenvalue weighted by molar-refractivity contribution is 7.98. The number of phenolic OH excluding ortho intramolecular Hbond substituents is 1. The van der Waals surface area contributed by atoms with Crippen molar-refractivity contribution in [1.29, 1.82) is 0 Å². The first kappa shape index (κ1) is 13.9. The summed E-state index contributed by atoms with van der Waals surface area (Å²) in [4.78, 5) is 5.51. The average Bonchev–Trinajstić information content (AvgIpc) is 2.47. The second kappa shape index (κ2) is 4.86. The molecular formula is C17H11ClFNOS. The van der Waals surface area contributed by atoms with Gasteiger partial charge in [-0.05, 0) is 42.3 Å². The van der Waals surface area contributed by atoms with Crippen molar-refractivity contribution in [3.63, 3.8) is 0 Å². The van der Waals surface area contributed by atoms with Gasteiger partial charge in [-0.1, -0.05) is 11.6 Å². The van der Waals surface area contributed by atoms with Crippen LogP contribution in [-0.4, -0.2) is 10.1 Å². The number of aromatic hydroxyl groups is 1. The van der Waals surface area contributed by atoms with Gasteiger partial charge in [-0.25, -0.2) is 9.37 Å². The van der Waals surface area contributed by atoms with Crippen molar-refractivity contribution >= 4 is 34.3 Å². The zero-order chi connectivity index (χ0) is 15.4. The zero-order valence-electron chi connectivity index (χ0n) is 11.7. The molecular weight excluding hydrogens is 321 g/mol. The van der Waals surface area contributed by atoms with Gasteiger partial charge in [0.25, 0.3) is 0 Å². The molecule has 0 amide bonds. The molecule has 0 aliphatic carbocycles. The summed E-state index contributed by atoms with van der Waals surface area (Å²) in [5.74, 6) is 0.579. The minimum absolute atomic E-state index is 0.0592. The van der Waals surface area contributed by atoms with Crippen LogP contribution in [0.25, 0.3) is 22.2 Å². The maximum Gasteiger partial charge on any atom is 0.143 e. The standard InChI is InChI=1S/C17H11ClFNOS/c1-8-2-12-15(6-13(8)19)22-7-10-3-9-4-11(18)5-14(21)17(9)20-16(10)12/h2-6,21H,7H2,1H3. The Morgan fingerprint density at radius 2 is 2.05 bits per heavy atom. The smallest absolute Gasteiger partial charge is 0.143 e. The highest BCUT2D eigenvalue weighted by Gasteiger charge is 2.21. The minimum atomic E-state index is -0.204. The molecule has 3 aromatic rings. The third-order valence-corrected chi connectivity index (χ3v) is 5.16. The normalized spacial score (nSPS) is 13.0. The van der Waals surface area contributed by atoms with E-state index in [1.807, 2.05) is 12.1 Å². The first-order chi connectivity index (χ1) is 10.5. The van der Waals surface area contributed by atoms with Crippen LogP contribution in [0.2, 0.25) is 5.02 Å². The molecule has 0 atom stereocenters. The van der Waals surface area contributed by atoms with Gasteiger partial charge in [0.15, 0.2) is 0 Å². The van der Waals surface area contributed by atoms with Crippen molar-refractivity contribution in [1.82, 2.24) is 4.98 Å². The Hall–Kier alpha value is -1.78. The number of nitrogens with zero attached hydrogens (tertiary/aromatic N) is 1. The van der Waals surface area contributed by atoms with Crippen LogP contribution in [0.15, 0.2) is 35.2 Å². The molecule has 0 fully saturated rings. The van der Waals surface area contributed by atoms with Gasteiger partial charge in [-0.2, -0.15) is 0 Å². The van der Waals surface area contributed by atoms with Crippen LogP contribution < -0.4 is 0 Å². The Bertz CT molecular complexity index is 942. The van der Waals surface area contributed by atoms with Crippen molar-refractivity contribution in [3.8, 4) is 17.0 Å². The molecule has 0 unspecified atom stereocenters. The summed E-state index contributed by atoms with van der Waals surface area (Å²) >= 11 is 7.59. The predicted octanol–water partition coefficient (Wildman–Crippen LogP) is 5.31. The first-order valence-electron chi connectivity index (χ1n) is 6.78. The molecule has 2 heterocycles. The fourth-order valence-corrected chi connectivity index (χ4v) is 3.99. The summed E-state index contributed by atoms with van der Waals surface area (Å²) in [5.41, 5.74) is 3.90. The number of benzene rings is 2. The number of phenols is 1. The second-order valence-corrected chi connectivity index (χ2v) is 6.83. The topological polar surface area (TPSA) is 33.1 Å². The Labute approximate surface area is 136 Å². The number of rotatable bonds is 0. The van der Waals surface area contributed by atoms with E-state index >= 15 is 0 Å². The van der Waals surface area contributed by atoms with Crippen LogP contribution in [0.3, 0.4) is 0 Å². The molecule has 5 heteroatoms. The minimum Gasteiger partial charge on any atom is -0.506 e. The quantitative estimate of drug-likeness (QED) is 0.605. The molecule has 0 bridgehead atoms. The lowest BCUT2D eigenvalue weighted by Gasteiger charge is -2.20. The molecule has 1 aliphatic heterocycles. The molecule has 0 radical (unpaired) electrons. The molecule has 1 N–H and O–H groups in total. The van der Waals surface area contributed by atoms with E-state index in [2.05, 4.69) is 4.98 Å². The molecule has 0 saturated carbocycles. The summed E-state index contributed by atoms with van der Waals surface area (Å²) in [7, 11) is 0. The van der Waals surface area contributed by atoms with Crippen molar-refractivity contribution in [3.05, 3.63) is 52.3 Å². The van der Waals surface area contributed by atoms with Crippen LogP contribution in [0.4, 0.5) is 4.39 Å². The maximum absolute atomic E-state index is 13.8. The molecule has 0 saturated heterocycles. The van der Waals surface area contributed by atoms with Crippen molar-refractivity contribution < 1.29 is 9.50 Å². The molecule has 4 rings (SSSR count). The molecule has 22 heavy (non-hydrogen) atoms. The van der Waals surface area contributed by atoms with Crippen molar-refractivity contribution in [2.45, 2.75) is 17.6 Å². The van der Waals surface area contributed by atoms with Crippen LogP contribution in [0.5, 0.6) is 5.75 Å². The van der Waals surface area contributed by atoms with Crippen LogP contribution >= 0.6 is 23.4 Å². The molecule has 110 valence electrons. The zero-order valence-corrected chi connectivity index (χ0v) is 13.2. The predicted molar refractivity (Wildman–Crippen MR) is 88.1 cm³/mol. The van der Waals surface area contributed by atoms with Crippen molar-refractivity contribution in [2.75, 3.05) is 0 Å². The molecule has 2 aromatic carbocycles. The lowest BCUT2D eigenvalue weighted by molar-refractivity contribution is 0.480. The van der Waals surface area contributed by atoms with E-state index in [1.54, 1.807) is 30.8 Å². The Balaban J connectivity index is 2.04. The van der Waals surface area contributed by atoms with Gasteiger partial charge in [0.05, 0.1) is 5.69 Å². The van der Waals surface area contributed by atoms with Gasteiger partial charge >= 0.3 is 0 Å². The Morgan fingerprint density at radius 1 is 1.23 bits per heavy atom. The lowest BCUT2D eigenvalue weighted by Crippen LogP contribution is -2.01. The highest BCUT2D eigenvalue weighted by atomic mass is 35.5. The van der Waals surface area contributed by atoms with Gasteiger partial charge in [0, 0.05) is 32.7 Å². The van der Waals surface area contributed by atoms with E-state index in [0.717, 1.165) is 32.9 Å². The molecule has 2 nitrogen and oxygen atoms in total. The van der Waals surface area contributed by atoms with Gasteiger partial charge in [0.2, 0.25) is 0 Å². The number of halogens is 2. The van der Waals surface area contributed by atoms with Gasteiger partial charge in [-0.3, -0.25) is 0 Å². The van der Waals surface area contributed by atoms with E-state index in [9.17, 15) is 9.50 Å². The lowest BCUT2D eigenvalue weighted by atomic mass is 10.0. The second-order valence-electron chi connectivity index (χ2n) is 5.38. The number of aryl methyl sites for hydroxylation is 1. The SMILES string of the molecule is Cc1cc2c(cc1F)SCc1cc3cc(Cl)cc(O)c3nc1-2. The number of pyridine rings is 1. The summed E-state index contributed by atoms with van der Waals surface area (Å²) in [6.45, 7) is 1.74. The molecule has 1 aromatic heterocycles. The highest BCUT2D eigenvalue weighted by Crippen LogP contribution is 2.43. The van der Waals surface area contributed by atoms with E-state index < -0.39 is 0 Å². The summed E-state index contributed by atoms with van der Waals surface area (Å²) in [6, 6.07) is 8.66. The molecule has 0 spiro atoms. The fraction of sp³-hybridized carbons (Fsp3) is 0.118. The van der Waals surface area contributed by atoms with E-state index in [4.69, 9.17) is 11.6 Å². The number of hydrogen-bond acceptors (Lipinski definition) is 3. The van der Waals surface area contributed by atoms with E-state index in [-0.39, 0.29) is 11.6 Å². The Kier molecular flexibility index (Phi) is 3.06. The monoisotopic (exact) mass is 331 g/mol. The fourth-order valence-electron chi connectivity index (χ4n) is 2.74. The third kappa shape index (κ3) is 2.06.